The highest BCUT2D eigenvalue weighted by atomic mass is 35.5. The molecule has 0 aliphatic carbocycles. The summed E-state index contributed by atoms with van der Waals surface area (Å²) in [6, 6.07) is 16.1. The number of carbonyl (C=O) groups is 2. The van der Waals surface area contributed by atoms with E-state index in [9.17, 15) is 14.0 Å². The van der Waals surface area contributed by atoms with E-state index < -0.39 is 17.0 Å². The average Bonchev–Trinajstić information content (AvgIpc) is 3.02. The molecule has 168 valence electrons. The van der Waals surface area contributed by atoms with Gasteiger partial charge in [0.2, 0.25) is 0 Å². The molecule has 4 rings (SSSR count). The van der Waals surface area contributed by atoms with Crippen LogP contribution in [0, 0.1) is 5.82 Å². The largest absolute Gasteiger partial charge is 0.489 e. The molecular formula is C24H15Cl3FNO3S. The number of amides is 2. The van der Waals surface area contributed by atoms with Crippen LogP contribution in [-0.4, -0.2) is 16.0 Å². The Balaban J connectivity index is 1.47. The minimum absolute atomic E-state index is 0.0356. The second kappa shape index (κ2) is 10.2. The van der Waals surface area contributed by atoms with Crippen LogP contribution in [0.3, 0.4) is 0 Å². The SMILES string of the molecule is O=C1S/C(=C\c2cccc(OCc3ccc(Cl)cc3Cl)c2)C(=O)N1Cc1ccc(F)cc1Cl. The summed E-state index contributed by atoms with van der Waals surface area (Å²) >= 11 is 19.0. The van der Waals surface area contributed by atoms with Crippen LogP contribution in [0.1, 0.15) is 16.7 Å². The second-order valence-electron chi connectivity index (χ2n) is 7.10. The van der Waals surface area contributed by atoms with Gasteiger partial charge in [-0.25, -0.2) is 4.39 Å². The molecule has 0 bridgehead atoms. The fourth-order valence-corrected chi connectivity index (χ4v) is 4.63. The Labute approximate surface area is 208 Å². The first-order chi connectivity index (χ1) is 15.8. The summed E-state index contributed by atoms with van der Waals surface area (Å²) in [5.74, 6) is -0.352. The van der Waals surface area contributed by atoms with Gasteiger partial charge in [0.15, 0.2) is 0 Å². The van der Waals surface area contributed by atoms with Crippen LogP contribution in [0.15, 0.2) is 65.6 Å². The molecular weight excluding hydrogens is 508 g/mol. The summed E-state index contributed by atoms with van der Waals surface area (Å²) in [7, 11) is 0. The first-order valence-corrected chi connectivity index (χ1v) is 11.6. The molecule has 3 aromatic carbocycles. The topological polar surface area (TPSA) is 46.6 Å². The Morgan fingerprint density at radius 3 is 2.45 bits per heavy atom. The van der Waals surface area contributed by atoms with Gasteiger partial charge < -0.3 is 4.74 Å². The van der Waals surface area contributed by atoms with Gasteiger partial charge in [0.1, 0.15) is 18.2 Å². The molecule has 2 amide bonds. The number of rotatable bonds is 6. The fraction of sp³-hybridized carbons (Fsp3) is 0.0833. The number of nitrogens with zero attached hydrogens (tertiary/aromatic N) is 1. The summed E-state index contributed by atoms with van der Waals surface area (Å²) in [6.45, 7) is 0.209. The molecule has 0 aromatic heterocycles. The zero-order chi connectivity index (χ0) is 23.5. The minimum atomic E-state index is -0.488. The van der Waals surface area contributed by atoms with Crippen molar-refractivity contribution in [2.24, 2.45) is 0 Å². The van der Waals surface area contributed by atoms with E-state index in [0.29, 0.717) is 26.9 Å². The number of hydrogen-bond donors (Lipinski definition) is 0. The monoisotopic (exact) mass is 521 g/mol. The van der Waals surface area contributed by atoms with Gasteiger partial charge in [-0.1, -0.05) is 59.1 Å². The van der Waals surface area contributed by atoms with Crippen molar-refractivity contribution in [2.75, 3.05) is 0 Å². The van der Waals surface area contributed by atoms with E-state index in [1.54, 1.807) is 48.5 Å². The molecule has 4 nitrogen and oxygen atoms in total. The number of ether oxygens (including phenoxy) is 1. The Morgan fingerprint density at radius 2 is 1.70 bits per heavy atom. The minimum Gasteiger partial charge on any atom is -0.489 e. The maximum absolute atomic E-state index is 13.3. The highest BCUT2D eigenvalue weighted by Crippen LogP contribution is 2.34. The normalized spacial score (nSPS) is 14.9. The lowest BCUT2D eigenvalue weighted by atomic mass is 10.2. The van der Waals surface area contributed by atoms with Crippen molar-refractivity contribution in [3.63, 3.8) is 0 Å². The number of carbonyl (C=O) groups excluding carboxylic acids is 2. The number of hydrogen-bond acceptors (Lipinski definition) is 4. The van der Waals surface area contributed by atoms with Crippen molar-refractivity contribution in [1.82, 2.24) is 4.90 Å². The number of halogens is 4. The van der Waals surface area contributed by atoms with E-state index >= 15 is 0 Å². The Bertz CT molecular complexity index is 1280. The second-order valence-corrected chi connectivity index (χ2v) is 9.34. The van der Waals surface area contributed by atoms with Gasteiger partial charge in [0, 0.05) is 20.6 Å². The fourth-order valence-electron chi connectivity index (χ4n) is 3.10. The third kappa shape index (κ3) is 5.71. The van der Waals surface area contributed by atoms with E-state index in [-0.39, 0.29) is 23.1 Å². The van der Waals surface area contributed by atoms with Crippen molar-refractivity contribution in [3.8, 4) is 5.75 Å². The smallest absolute Gasteiger partial charge is 0.293 e. The third-order valence-electron chi connectivity index (χ3n) is 4.78. The van der Waals surface area contributed by atoms with E-state index in [1.807, 2.05) is 0 Å². The maximum atomic E-state index is 13.3. The molecule has 0 unspecified atom stereocenters. The predicted molar refractivity (Wildman–Crippen MR) is 130 cm³/mol. The first kappa shape index (κ1) is 23.6. The first-order valence-electron chi connectivity index (χ1n) is 9.66. The molecule has 0 spiro atoms. The van der Waals surface area contributed by atoms with Crippen molar-refractivity contribution < 1.29 is 18.7 Å². The van der Waals surface area contributed by atoms with Crippen LogP contribution in [-0.2, 0) is 17.9 Å². The average molecular weight is 523 g/mol. The Hall–Kier alpha value is -2.51. The lowest BCUT2D eigenvalue weighted by Gasteiger charge is -2.13. The summed E-state index contributed by atoms with van der Waals surface area (Å²) in [4.78, 5) is 26.6. The number of imide groups is 1. The van der Waals surface area contributed by atoms with Crippen molar-refractivity contribution in [1.29, 1.82) is 0 Å². The highest BCUT2D eigenvalue weighted by molar-refractivity contribution is 8.18. The van der Waals surface area contributed by atoms with Gasteiger partial charge in [-0.15, -0.1) is 0 Å². The quantitative estimate of drug-likeness (QED) is 0.313. The Morgan fingerprint density at radius 1 is 0.939 bits per heavy atom. The van der Waals surface area contributed by atoms with Crippen LogP contribution in [0.25, 0.3) is 6.08 Å². The molecule has 1 saturated heterocycles. The van der Waals surface area contributed by atoms with Gasteiger partial charge in [-0.05, 0) is 65.4 Å². The molecule has 1 aliphatic rings. The summed E-state index contributed by atoms with van der Waals surface area (Å²) in [5.41, 5.74) is 1.96. The van der Waals surface area contributed by atoms with Crippen LogP contribution < -0.4 is 4.74 Å². The van der Waals surface area contributed by atoms with E-state index in [4.69, 9.17) is 39.5 Å². The highest BCUT2D eigenvalue weighted by Gasteiger charge is 2.35. The molecule has 0 radical (unpaired) electrons. The van der Waals surface area contributed by atoms with Crippen molar-refractivity contribution in [3.05, 3.63) is 103 Å². The molecule has 0 atom stereocenters. The number of benzene rings is 3. The molecule has 33 heavy (non-hydrogen) atoms. The standard InChI is InChI=1S/C24H15Cl3FNO3S/c25-17-6-4-16(20(26)10-17)13-32-19-3-1-2-14(8-19)9-22-23(30)29(24(31)33-22)12-15-5-7-18(28)11-21(15)27/h1-11H,12-13H2/b22-9-. The van der Waals surface area contributed by atoms with Gasteiger partial charge in [-0.3, -0.25) is 14.5 Å². The number of thioether (sulfide) groups is 1. The summed E-state index contributed by atoms with van der Waals surface area (Å²) in [5, 5.41) is 0.787. The van der Waals surface area contributed by atoms with Crippen LogP contribution in [0.5, 0.6) is 5.75 Å². The lowest BCUT2D eigenvalue weighted by molar-refractivity contribution is -0.123. The molecule has 1 fully saturated rings. The van der Waals surface area contributed by atoms with Gasteiger partial charge in [0.05, 0.1) is 11.4 Å². The van der Waals surface area contributed by atoms with Gasteiger partial charge in [-0.2, -0.15) is 0 Å². The molecule has 1 aliphatic heterocycles. The van der Waals surface area contributed by atoms with Crippen molar-refractivity contribution in [2.45, 2.75) is 13.2 Å². The molecule has 1 heterocycles. The van der Waals surface area contributed by atoms with Crippen LogP contribution in [0.2, 0.25) is 15.1 Å². The zero-order valence-corrected chi connectivity index (χ0v) is 19.9. The van der Waals surface area contributed by atoms with E-state index in [1.165, 1.54) is 12.1 Å². The van der Waals surface area contributed by atoms with Gasteiger partial charge in [0.25, 0.3) is 11.1 Å². The van der Waals surface area contributed by atoms with Crippen LogP contribution >= 0.6 is 46.6 Å². The molecule has 9 heteroatoms. The molecule has 0 N–H and O–H groups in total. The van der Waals surface area contributed by atoms with E-state index in [2.05, 4.69) is 0 Å². The third-order valence-corrected chi connectivity index (χ3v) is 6.63. The Kier molecular flexibility index (Phi) is 7.29. The lowest BCUT2D eigenvalue weighted by Crippen LogP contribution is -2.27. The summed E-state index contributed by atoms with van der Waals surface area (Å²) < 4.78 is 19.1. The van der Waals surface area contributed by atoms with Crippen LogP contribution in [0.4, 0.5) is 9.18 Å². The molecule has 0 saturated carbocycles. The zero-order valence-electron chi connectivity index (χ0n) is 16.9. The summed E-state index contributed by atoms with van der Waals surface area (Å²) in [6.07, 6.45) is 1.62. The van der Waals surface area contributed by atoms with Crippen molar-refractivity contribution >= 4 is 63.8 Å². The van der Waals surface area contributed by atoms with Gasteiger partial charge >= 0.3 is 0 Å². The predicted octanol–water partition coefficient (Wildman–Crippen LogP) is 7.60. The maximum Gasteiger partial charge on any atom is 0.293 e. The molecule has 3 aromatic rings. The van der Waals surface area contributed by atoms with E-state index in [0.717, 1.165) is 28.3 Å².